The molecule has 6 heteroatoms. The van der Waals surface area contributed by atoms with Gasteiger partial charge < -0.3 is 9.05 Å². The standard InChI is InChI=1S/C26H39O4P.Zn/c1-3-5-7-9-11-17-23-19-13-15-21-25(23)29-31(27,28)30-26-22-16-14-20-24(26)18-12-10-8-6-4-2;/h13-16,19-22H,3-12,17-18H2,1-2H3,(H,27,28);. The van der Waals surface area contributed by atoms with Crippen molar-refractivity contribution < 1.29 is 38.0 Å². The molecule has 1 N–H and O–H groups in total. The zero-order valence-electron chi connectivity index (χ0n) is 19.9. The second-order valence-electron chi connectivity index (χ2n) is 8.20. The average molecular weight is 512 g/mol. The van der Waals surface area contributed by atoms with Gasteiger partial charge in [0.05, 0.1) is 0 Å². The maximum atomic E-state index is 12.8. The van der Waals surface area contributed by atoms with Gasteiger partial charge in [-0.3, -0.25) is 4.89 Å². The Balaban J connectivity index is 0.00000512. The smallest absolute Gasteiger partial charge is 0.395 e. The summed E-state index contributed by atoms with van der Waals surface area (Å²) < 4.78 is 23.8. The first-order chi connectivity index (χ1) is 15.1. The minimum atomic E-state index is -4.29. The van der Waals surface area contributed by atoms with Gasteiger partial charge in [0.25, 0.3) is 0 Å². The van der Waals surface area contributed by atoms with Crippen LogP contribution in [0.15, 0.2) is 48.5 Å². The summed E-state index contributed by atoms with van der Waals surface area (Å²) in [5.74, 6) is 0.863. The van der Waals surface area contributed by atoms with Crippen LogP contribution in [0.2, 0.25) is 0 Å². The Hall–Kier alpha value is -1.15. The molecular weight excluding hydrogens is 473 g/mol. The van der Waals surface area contributed by atoms with Crippen LogP contribution in [0.25, 0.3) is 0 Å². The molecular formula is C26H39O4PZn. The van der Waals surface area contributed by atoms with Crippen LogP contribution in [0.4, 0.5) is 0 Å². The van der Waals surface area contributed by atoms with E-state index in [1.807, 2.05) is 36.4 Å². The van der Waals surface area contributed by atoms with Gasteiger partial charge in [-0.05, 0) is 48.9 Å². The van der Waals surface area contributed by atoms with E-state index in [1.54, 1.807) is 12.1 Å². The molecule has 0 fully saturated rings. The van der Waals surface area contributed by atoms with E-state index >= 15 is 0 Å². The summed E-state index contributed by atoms with van der Waals surface area (Å²) in [6, 6.07) is 14.9. The first-order valence-electron chi connectivity index (χ1n) is 11.9. The topological polar surface area (TPSA) is 55.8 Å². The Morgan fingerprint density at radius 2 is 1.03 bits per heavy atom. The van der Waals surface area contributed by atoms with Crippen molar-refractivity contribution in [3.05, 3.63) is 59.7 Å². The summed E-state index contributed by atoms with van der Waals surface area (Å²) in [4.78, 5) is 10.5. The Morgan fingerprint density at radius 3 is 1.44 bits per heavy atom. The molecule has 0 amide bonds. The number of phosphoric ester groups is 1. The predicted molar refractivity (Wildman–Crippen MR) is 129 cm³/mol. The third-order valence-electron chi connectivity index (χ3n) is 5.47. The van der Waals surface area contributed by atoms with E-state index in [-0.39, 0.29) is 19.5 Å². The fourth-order valence-corrected chi connectivity index (χ4v) is 4.59. The van der Waals surface area contributed by atoms with Crippen LogP contribution in [0.5, 0.6) is 11.5 Å². The molecule has 0 aromatic heterocycles. The summed E-state index contributed by atoms with van der Waals surface area (Å²) in [5, 5.41) is 0. The number of hydrogen-bond donors (Lipinski definition) is 1. The minimum Gasteiger partial charge on any atom is -0.395 e. The van der Waals surface area contributed by atoms with E-state index in [4.69, 9.17) is 9.05 Å². The van der Waals surface area contributed by atoms with Gasteiger partial charge in [-0.2, -0.15) is 0 Å². The molecule has 0 saturated heterocycles. The molecule has 0 unspecified atom stereocenters. The van der Waals surface area contributed by atoms with Crippen LogP contribution in [-0.4, -0.2) is 4.89 Å². The summed E-state index contributed by atoms with van der Waals surface area (Å²) in [7, 11) is -4.29. The van der Waals surface area contributed by atoms with Crippen molar-refractivity contribution in [2.24, 2.45) is 0 Å². The van der Waals surface area contributed by atoms with Crippen molar-refractivity contribution in [2.75, 3.05) is 0 Å². The zero-order valence-corrected chi connectivity index (χ0v) is 23.8. The van der Waals surface area contributed by atoms with E-state index < -0.39 is 7.82 Å². The first-order valence-corrected chi connectivity index (χ1v) is 13.4. The Kier molecular flexibility index (Phi) is 14.9. The van der Waals surface area contributed by atoms with E-state index in [2.05, 4.69) is 13.8 Å². The molecule has 0 saturated carbocycles. The largest absolute Gasteiger partial charge is 0.584 e. The maximum Gasteiger partial charge on any atom is 0.584 e. The van der Waals surface area contributed by atoms with Crippen LogP contribution >= 0.6 is 7.82 Å². The minimum absolute atomic E-state index is 0. The van der Waals surface area contributed by atoms with Crippen molar-refractivity contribution in [2.45, 2.75) is 90.9 Å². The van der Waals surface area contributed by atoms with Gasteiger partial charge in [-0.1, -0.05) is 102 Å². The summed E-state index contributed by atoms with van der Waals surface area (Å²) in [5.41, 5.74) is 1.89. The van der Waals surface area contributed by atoms with Crippen LogP contribution in [0.1, 0.15) is 89.2 Å². The fraction of sp³-hybridized carbons (Fsp3) is 0.538. The molecule has 0 heterocycles. The van der Waals surface area contributed by atoms with Gasteiger partial charge in [-0.25, -0.2) is 4.57 Å². The third kappa shape index (κ3) is 11.1. The van der Waals surface area contributed by atoms with Crippen LogP contribution < -0.4 is 9.05 Å². The van der Waals surface area contributed by atoms with E-state index in [1.165, 1.54) is 38.5 Å². The van der Waals surface area contributed by atoms with E-state index in [9.17, 15) is 9.46 Å². The number of para-hydroxylation sites is 2. The summed E-state index contributed by atoms with van der Waals surface area (Å²) in [6.07, 6.45) is 13.4. The predicted octanol–water partition coefficient (Wildman–Crippen LogP) is 8.27. The van der Waals surface area contributed by atoms with Crippen molar-refractivity contribution in [3.8, 4) is 11.5 Å². The zero-order chi connectivity index (χ0) is 22.4. The van der Waals surface area contributed by atoms with E-state index in [0.29, 0.717) is 11.5 Å². The molecule has 32 heavy (non-hydrogen) atoms. The molecule has 0 aliphatic heterocycles. The molecule has 0 aliphatic carbocycles. The number of rotatable bonds is 16. The normalized spacial score (nSPS) is 11.1. The monoisotopic (exact) mass is 510 g/mol. The average Bonchev–Trinajstić information content (AvgIpc) is 2.75. The third-order valence-corrected chi connectivity index (χ3v) is 6.33. The number of aryl methyl sites for hydroxylation is 2. The molecule has 2 rings (SSSR count). The molecule has 0 radical (unpaired) electrons. The first kappa shape index (κ1) is 28.9. The van der Waals surface area contributed by atoms with Crippen LogP contribution in [0, 0.1) is 0 Å². The Labute approximate surface area is 207 Å². The molecule has 4 nitrogen and oxygen atoms in total. The second kappa shape index (κ2) is 16.5. The van der Waals surface area contributed by atoms with Gasteiger partial charge in [-0.15, -0.1) is 0 Å². The van der Waals surface area contributed by atoms with Crippen molar-refractivity contribution in [1.82, 2.24) is 0 Å². The molecule has 0 aliphatic rings. The van der Waals surface area contributed by atoms with Gasteiger partial charge in [0.1, 0.15) is 11.5 Å². The van der Waals surface area contributed by atoms with Gasteiger partial charge in [0, 0.05) is 19.5 Å². The van der Waals surface area contributed by atoms with E-state index in [0.717, 1.165) is 49.7 Å². The molecule has 2 aromatic carbocycles. The summed E-state index contributed by atoms with van der Waals surface area (Å²) in [6.45, 7) is 4.40. The van der Waals surface area contributed by atoms with Gasteiger partial charge >= 0.3 is 7.82 Å². The Morgan fingerprint density at radius 1 is 0.656 bits per heavy atom. The number of benzene rings is 2. The molecule has 0 spiro atoms. The molecule has 2 aromatic rings. The quantitative estimate of drug-likeness (QED) is 0.140. The number of unbranched alkanes of at least 4 members (excludes halogenated alkanes) is 8. The number of hydrogen-bond acceptors (Lipinski definition) is 3. The molecule has 0 atom stereocenters. The Bertz CT molecular complexity index is 748. The van der Waals surface area contributed by atoms with Crippen molar-refractivity contribution in [3.63, 3.8) is 0 Å². The number of phosphoric acid groups is 1. The fourth-order valence-electron chi connectivity index (χ4n) is 3.70. The summed E-state index contributed by atoms with van der Waals surface area (Å²) >= 11 is 0. The van der Waals surface area contributed by atoms with Crippen LogP contribution in [0.3, 0.4) is 0 Å². The van der Waals surface area contributed by atoms with Gasteiger partial charge in [0.15, 0.2) is 0 Å². The maximum absolute atomic E-state index is 12.8. The van der Waals surface area contributed by atoms with Crippen LogP contribution in [-0.2, 0) is 36.9 Å². The van der Waals surface area contributed by atoms with Crippen molar-refractivity contribution >= 4 is 7.82 Å². The molecule has 174 valence electrons. The van der Waals surface area contributed by atoms with Gasteiger partial charge in [0.2, 0.25) is 0 Å². The second-order valence-corrected chi connectivity index (χ2v) is 9.50. The van der Waals surface area contributed by atoms with Crippen molar-refractivity contribution in [1.29, 1.82) is 0 Å². The SMILES string of the molecule is CCCCCCCc1ccccc1OP(=O)(O)Oc1ccccc1CCCCCCC.[Zn]. The molecule has 0 bridgehead atoms.